The van der Waals surface area contributed by atoms with Crippen molar-refractivity contribution in [3.8, 4) is 0 Å². The van der Waals surface area contributed by atoms with Crippen LogP contribution in [-0.4, -0.2) is 24.7 Å². The summed E-state index contributed by atoms with van der Waals surface area (Å²) in [7, 11) is 0. The Kier molecular flexibility index (Phi) is 2.27. The zero-order valence-corrected chi connectivity index (χ0v) is 8.87. The van der Waals surface area contributed by atoms with Gasteiger partial charge in [-0.1, -0.05) is 0 Å². The van der Waals surface area contributed by atoms with Crippen LogP contribution in [0.1, 0.15) is 20.8 Å². The summed E-state index contributed by atoms with van der Waals surface area (Å²) in [6, 6.07) is 0. The Morgan fingerprint density at radius 3 is 2.43 bits per heavy atom. The Bertz CT molecular complexity index is 236. The summed E-state index contributed by atoms with van der Waals surface area (Å²) in [4.78, 5) is 16.8. The predicted octanol–water partition coefficient (Wildman–Crippen LogP) is 0.725. The Morgan fingerprint density at radius 2 is 1.93 bits per heavy atom. The van der Waals surface area contributed by atoms with E-state index in [1.807, 2.05) is 20.8 Å². The minimum atomic E-state index is -0.323. The molecule has 1 aliphatic carbocycles. The third-order valence-electron chi connectivity index (χ3n) is 2.71. The molecule has 2 rings (SSSR count). The van der Waals surface area contributed by atoms with Crippen LogP contribution < -0.4 is 5.48 Å². The zero-order chi connectivity index (χ0) is 10.3. The molecule has 1 heterocycles. The van der Waals surface area contributed by atoms with Crippen molar-refractivity contribution in [1.29, 1.82) is 0 Å². The Hall–Kier alpha value is -0.610. The monoisotopic (exact) mass is 199 g/mol. The standard InChI is InChI=1S/C10H17NO3/c1-10(2,3)14-11-9(12)8-6-4-13-5-7(6)8/h6-8H,4-5H2,1-3H3,(H,11,12). The van der Waals surface area contributed by atoms with Crippen molar-refractivity contribution in [2.45, 2.75) is 26.4 Å². The lowest BCUT2D eigenvalue weighted by Crippen LogP contribution is -2.35. The van der Waals surface area contributed by atoms with E-state index in [9.17, 15) is 4.79 Å². The SMILES string of the molecule is CC(C)(C)ONC(=O)C1C2COCC21. The third-order valence-corrected chi connectivity index (χ3v) is 2.71. The number of fused-ring (bicyclic) bond motifs is 1. The van der Waals surface area contributed by atoms with Gasteiger partial charge in [-0.15, -0.1) is 0 Å². The summed E-state index contributed by atoms with van der Waals surface area (Å²) in [5.41, 5.74) is 2.20. The Morgan fingerprint density at radius 1 is 1.36 bits per heavy atom. The predicted molar refractivity (Wildman–Crippen MR) is 50.3 cm³/mol. The van der Waals surface area contributed by atoms with Gasteiger partial charge in [0.25, 0.3) is 0 Å². The van der Waals surface area contributed by atoms with Gasteiger partial charge in [0, 0.05) is 11.8 Å². The van der Waals surface area contributed by atoms with Crippen LogP contribution in [-0.2, 0) is 14.4 Å². The summed E-state index contributed by atoms with van der Waals surface area (Å²) >= 11 is 0. The van der Waals surface area contributed by atoms with Gasteiger partial charge in [0.15, 0.2) is 0 Å². The summed E-state index contributed by atoms with van der Waals surface area (Å²) in [6.07, 6.45) is 0. The van der Waals surface area contributed by atoms with Gasteiger partial charge in [0.1, 0.15) is 0 Å². The lowest BCUT2D eigenvalue weighted by Gasteiger charge is -2.19. The molecule has 0 bridgehead atoms. The van der Waals surface area contributed by atoms with E-state index in [1.54, 1.807) is 0 Å². The maximum Gasteiger partial charge on any atom is 0.247 e. The van der Waals surface area contributed by atoms with E-state index in [1.165, 1.54) is 0 Å². The molecule has 0 radical (unpaired) electrons. The van der Waals surface area contributed by atoms with Crippen LogP contribution in [0.3, 0.4) is 0 Å². The fourth-order valence-electron chi connectivity index (χ4n) is 1.90. The number of hydrogen-bond donors (Lipinski definition) is 1. The van der Waals surface area contributed by atoms with Gasteiger partial charge in [0.2, 0.25) is 5.91 Å². The lowest BCUT2D eigenvalue weighted by molar-refractivity contribution is -0.148. The molecular formula is C10H17NO3. The minimum Gasteiger partial charge on any atom is -0.381 e. The fraction of sp³-hybridized carbons (Fsp3) is 0.900. The van der Waals surface area contributed by atoms with E-state index in [2.05, 4.69) is 5.48 Å². The first kappa shape index (κ1) is 9.93. The van der Waals surface area contributed by atoms with Crippen LogP contribution in [0, 0.1) is 17.8 Å². The molecule has 2 atom stereocenters. The number of rotatable bonds is 2. The summed E-state index contributed by atoms with van der Waals surface area (Å²) < 4.78 is 5.21. The van der Waals surface area contributed by atoms with Gasteiger partial charge in [-0.05, 0) is 20.8 Å². The van der Waals surface area contributed by atoms with Crippen molar-refractivity contribution >= 4 is 5.91 Å². The first-order valence-electron chi connectivity index (χ1n) is 5.04. The highest BCUT2D eigenvalue weighted by Crippen LogP contribution is 2.50. The minimum absolute atomic E-state index is 0.0122. The molecule has 14 heavy (non-hydrogen) atoms. The third kappa shape index (κ3) is 1.91. The quantitative estimate of drug-likeness (QED) is 0.667. The van der Waals surface area contributed by atoms with Gasteiger partial charge in [-0.25, -0.2) is 5.48 Å². The largest absolute Gasteiger partial charge is 0.381 e. The molecule has 0 aromatic rings. The summed E-state index contributed by atoms with van der Waals surface area (Å²) in [5.74, 6) is 1.03. The Balaban J connectivity index is 1.75. The molecule has 2 aliphatic rings. The van der Waals surface area contributed by atoms with E-state index in [4.69, 9.17) is 9.57 Å². The van der Waals surface area contributed by atoms with Crippen LogP contribution in [0.5, 0.6) is 0 Å². The number of ether oxygens (including phenoxy) is 1. The van der Waals surface area contributed by atoms with Crippen molar-refractivity contribution in [2.24, 2.45) is 17.8 Å². The van der Waals surface area contributed by atoms with Crippen molar-refractivity contribution in [3.05, 3.63) is 0 Å². The topological polar surface area (TPSA) is 47.6 Å². The summed E-state index contributed by atoms with van der Waals surface area (Å²) in [6.45, 7) is 7.19. The Labute approximate surface area is 83.9 Å². The number of carbonyl (C=O) groups is 1. The number of carbonyl (C=O) groups excluding carboxylic acids is 1. The average molecular weight is 199 g/mol. The highest BCUT2D eigenvalue weighted by Gasteiger charge is 2.58. The van der Waals surface area contributed by atoms with E-state index >= 15 is 0 Å². The fourth-order valence-corrected chi connectivity index (χ4v) is 1.90. The average Bonchev–Trinajstić information content (AvgIpc) is 2.54. The van der Waals surface area contributed by atoms with E-state index in [-0.39, 0.29) is 17.4 Å². The second-order valence-corrected chi connectivity index (χ2v) is 5.07. The molecule has 2 unspecified atom stereocenters. The highest BCUT2D eigenvalue weighted by molar-refractivity contribution is 5.81. The molecule has 1 aliphatic heterocycles. The van der Waals surface area contributed by atoms with Crippen LogP contribution in [0.15, 0.2) is 0 Å². The molecule has 1 N–H and O–H groups in total. The number of hydroxylamine groups is 1. The molecule has 0 aromatic carbocycles. The molecule has 1 saturated carbocycles. The molecule has 0 aromatic heterocycles. The van der Waals surface area contributed by atoms with Crippen molar-refractivity contribution < 1.29 is 14.4 Å². The smallest absolute Gasteiger partial charge is 0.247 e. The maximum atomic E-state index is 11.6. The molecule has 1 amide bonds. The summed E-state index contributed by atoms with van der Waals surface area (Å²) in [5, 5.41) is 0. The van der Waals surface area contributed by atoms with Crippen LogP contribution >= 0.6 is 0 Å². The van der Waals surface area contributed by atoms with Gasteiger partial charge in [0.05, 0.1) is 24.7 Å². The second kappa shape index (κ2) is 3.21. The van der Waals surface area contributed by atoms with Gasteiger partial charge >= 0.3 is 0 Å². The molecular weight excluding hydrogens is 182 g/mol. The molecule has 2 fully saturated rings. The molecule has 4 heteroatoms. The number of nitrogens with one attached hydrogen (secondary N) is 1. The lowest BCUT2D eigenvalue weighted by atomic mass is 10.2. The molecule has 0 spiro atoms. The van der Waals surface area contributed by atoms with Crippen LogP contribution in [0.25, 0.3) is 0 Å². The second-order valence-electron chi connectivity index (χ2n) is 5.07. The van der Waals surface area contributed by atoms with Crippen LogP contribution in [0.4, 0.5) is 0 Å². The van der Waals surface area contributed by atoms with Gasteiger partial charge < -0.3 is 4.74 Å². The van der Waals surface area contributed by atoms with Crippen LogP contribution in [0.2, 0.25) is 0 Å². The maximum absolute atomic E-state index is 11.6. The van der Waals surface area contributed by atoms with E-state index in [0.717, 1.165) is 13.2 Å². The highest BCUT2D eigenvalue weighted by atomic mass is 16.7. The normalized spacial score (nSPS) is 35.2. The van der Waals surface area contributed by atoms with Crippen molar-refractivity contribution in [3.63, 3.8) is 0 Å². The molecule has 4 nitrogen and oxygen atoms in total. The number of amides is 1. The van der Waals surface area contributed by atoms with E-state index < -0.39 is 0 Å². The van der Waals surface area contributed by atoms with Gasteiger partial charge in [-0.2, -0.15) is 0 Å². The first-order chi connectivity index (χ1) is 6.49. The molecule has 80 valence electrons. The molecule has 1 saturated heterocycles. The zero-order valence-electron chi connectivity index (χ0n) is 8.87. The number of hydrogen-bond acceptors (Lipinski definition) is 3. The van der Waals surface area contributed by atoms with Gasteiger partial charge in [-0.3, -0.25) is 9.63 Å². The van der Waals surface area contributed by atoms with Crippen molar-refractivity contribution in [2.75, 3.05) is 13.2 Å². The van der Waals surface area contributed by atoms with Crippen molar-refractivity contribution in [1.82, 2.24) is 5.48 Å². The first-order valence-corrected chi connectivity index (χ1v) is 5.04. The van der Waals surface area contributed by atoms with E-state index in [0.29, 0.717) is 11.8 Å².